The highest BCUT2D eigenvalue weighted by molar-refractivity contribution is 5.96. The predicted molar refractivity (Wildman–Crippen MR) is 85.5 cm³/mol. The molecule has 0 spiro atoms. The Bertz CT molecular complexity index is 501. The van der Waals surface area contributed by atoms with E-state index in [1.165, 1.54) is 25.9 Å². The molecule has 116 valence electrons. The Morgan fingerprint density at radius 2 is 1.90 bits per heavy atom. The van der Waals surface area contributed by atoms with Gasteiger partial charge >= 0.3 is 0 Å². The number of hydrogen-bond donors (Lipinski definition) is 0. The zero-order chi connectivity index (χ0) is 13.9. The third-order valence-electron chi connectivity index (χ3n) is 4.37. The number of likely N-dealkylation sites (tertiary alicyclic amines) is 1. The van der Waals surface area contributed by atoms with Crippen molar-refractivity contribution < 1.29 is 9.53 Å². The lowest BCUT2D eigenvalue weighted by Crippen LogP contribution is -2.42. The fourth-order valence-electron chi connectivity index (χ4n) is 3.12. The van der Waals surface area contributed by atoms with Gasteiger partial charge in [-0.3, -0.25) is 4.79 Å². The minimum absolute atomic E-state index is 0. The Balaban J connectivity index is 0.00000161. The summed E-state index contributed by atoms with van der Waals surface area (Å²) in [6.45, 7) is 5.07. The van der Waals surface area contributed by atoms with Crippen molar-refractivity contribution in [3.05, 3.63) is 29.3 Å². The minimum Gasteiger partial charge on any atom is -0.497 e. The summed E-state index contributed by atoms with van der Waals surface area (Å²) < 4.78 is 5.23. The van der Waals surface area contributed by atoms with E-state index in [1.54, 1.807) is 7.11 Å². The molecule has 2 aliphatic rings. The number of ether oxygens (including phenoxy) is 1. The van der Waals surface area contributed by atoms with E-state index in [0.717, 1.165) is 42.9 Å². The van der Waals surface area contributed by atoms with Crippen LogP contribution in [0.5, 0.6) is 5.75 Å². The maximum Gasteiger partial charge on any atom is 0.254 e. The van der Waals surface area contributed by atoms with E-state index >= 15 is 0 Å². The van der Waals surface area contributed by atoms with Crippen LogP contribution in [-0.4, -0.2) is 55.5 Å². The van der Waals surface area contributed by atoms with Gasteiger partial charge in [-0.15, -0.1) is 12.4 Å². The highest BCUT2D eigenvalue weighted by Crippen LogP contribution is 2.23. The van der Waals surface area contributed by atoms with E-state index in [2.05, 4.69) is 4.90 Å². The van der Waals surface area contributed by atoms with Gasteiger partial charge in [0.2, 0.25) is 0 Å². The standard InChI is InChI=1S/C16H22N2O2.ClH/c1-20-14-4-5-15-13(12-14)6-9-18(16(15)19)11-10-17-7-2-3-8-17;/h4-5,12H,2-3,6-11H2,1H3;1H. The largest absolute Gasteiger partial charge is 0.497 e. The summed E-state index contributed by atoms with van der Waals surface area (Å²) in [6.07, 6.45) is 3.53. The van der Waals surface area contributed by atoms with Crippen molar-refractivity contribution in [2.24, 2.45) is 0 Å². The average Bonchev–Trinajstić information content (AvgIpc) is 2.99. The van der Waals surface area contributed by atoms with Crippen molar-refractivity contribution in [2.45, 2.75) is 19.3 Å². The second-order valence-corrected chi connectivity index (χ2v) is 5.61. The smallest absolute Gasteiger partial charge is 0.254 e. The zero-order valence-corrected chi connectivity index (χ0v) is 13.3. The number of nitrogens with zero attached hydrogens (tertiary/aromatic N) is 2. The van der Waals surface area contributed by atoms with Crippen molar-refractivity contribution in [3.63, 3.8) is 0 Å². The Morgan fingerprint density at radius 3 is 2.62 bits per heavy atom. The molecule has 0 radical (unpaired) electrons. The maximum absolute atomic E-state index is 12.5. The maximum atomic E-state index is 12.5. The molecule has 1 aromatic rings. The van der Waals surface area contributed by atoms with Crippen LogP contribution < -0.4 is 4.74 Å². The van der Waals surface area contributed by atoms with Gasteiger partial charge < -0.3 is 14.5 Å². The number of benzene rings is 1. The molecule has 0 aromatic heterocycles. The normalized spacial score (nSPS) is 18.3. The summed E-state index contributed by atoms with van der Waals surface area (Å²) in [5.74, 6) is 1.01. The van der Waals surface area contributed by atoms with E-state index in [0.29, 0.717) is 0 Å². The molecule has 1 saturated heterocycles. The summed E-state index contributed by atoms with van der Waals surface area (Å²) in [4.78, 5) is 16.9. The van der Waals surface area contributed by atoms with E-state index in [-0.39, 0.29) is 18.3 Å². The molecule has 2 aliphatic heterocycles. The second-order valence-electron chi connectivity index (χ2n) is 5.61. The highest BCUT2D eigenvalue weighted by Gasteiger charge is 2.25. The van der Waals surface area contributed by atoms with Gasteiger partial charge in [0.1, 0.15) is 5.75 Å². The molecular formula is C16H23ClN2O2. The fraction of sp³-hybridized carbons (Fsp3) is 0.562. The third kappa shape index (κ3) is 3.50. The van der Waals surface area contributed by atoms with Gasteiger partial charge in [0.05, 0.1) is 7.11 Å². The Morgan fingerprint density at radius 1 is 1.14 bits per heavy atom. The van der Waals surface area contributed by atoms with Crippen LogP contribution in [0.15, 0.2) is 18.2 Å². The summed E-state index contributed by atoms with van der Waals surface area (Å²) in [5, 5.41) is 0. The lowest BCUT2D eigenvalue weighted by atomic mass is 9.98. The molecule has 5 heteroatoms. The summed E-state index contributed by atoms with van der Waals surface area (Å²) in [5.41, 5.74) is 1.96. The first-order chi connectivity index (χ1) is 9.78. The Hall–Kier alpha value is -1.26. The van der Waals surface area contributed by atoms with E-state index < -0.39 is 0 Å². The highest BCUT2D eigenvalue weighted by atomic mass is 35.5. The lowest BCUT2D eigenvalue weighted by Gasteiger charge is -2.30. The van der Waals surface area contributed by atoms with Gasteiger partial charge in [0.25, 0.3) is 5.91 Å². The topological polar surface area (TPSA) is 32.8 Å². The Labute approximate surface area is 132 Å². The monoisotopic (exact) mass is 310 g/mol. The SMILES string of the molecule is COc1ccc2c(c1)CCN(CCN1CCCC1)C2=O.Cl. The molecule has 1 fully saturated rings. The van der Waals surface area contributed by atoms with E-state index in [1.807, 2.05) is 23.1 Å². The van der Waals surface area contributed by atoms with Crippen molar-refractivity contribution in [1.29, 1.82) is 0 Å². The number of methoxy groups -OCH3 is 1. The van der Waals surface area contributed by atoms with Crippen LogP contribution in [0.3, 0.4) is 0 Å². The Kier molecular flexibility index (Phi) is 5.48. The summed E-state index contributed by atoms with van der Waals surface area (Å²) in [6, 6.07) is 5.77. The van der Waals surface area contributed by atoms with Gasteiger partial charge in [-0.2, -0.15) is 0 Å². The van der Waals surface area contributed by atoms with Crippen LogP contribution in [0.4, 0.5) is 0 Å². The molecule has 0 bridgehead atoms. The van der Waals surface area contributed by atoms with Gasteiger partial charge in [0, 0.05) is 25.2 Å². The van der Waals surface area contributed by atoms with Crippen LogP contribution in [0.2, 0.25) is 0 Å². The van der Waals surface area contributed by atoms with Crippen LogP contribution in [0, 0.1) is 0 Å². The molecule has 0 aliphatic carbocycles. The average molecular weight is 311 g/mol. The molecule has 0 N–H and O–H groups in total. The van der Waals surface area contributed by atoms with Crippen molar-refractivity contribution in [3.8, 4) is 5.75 Å². The predicted octanol–water partition coefficient (Wildman–Crippen LogP) is 2.21. The van der Waals surface area contributed by atoms with Gasteiger partial charge in [-0.25, -0.2) is 0 Å². The van der Waals surface area contributed by atoms with Gasteiger partial charge in [0.15, 0.2) is 0 Å². The van der Waals surface area contributed by atoms with Crippen LogP contribution in [0.1, 0.15) is 28.8 Å². The second kappa shape index (κ2) is 7.14. The molecule has 3 rings (SSSR count). The molecule has 4 nitrogen and oxygen atoms in total. The first kappa shape index (κ1) is 16.1. The van der Waals surface area contributed by atoms with E-state index in [4.69, 9.17) is 4.74 Å². The number of fused-ring (bicyclic) bond motifs is 1. The van der Waals surface area contributed by atoms with Gasteiger partial charge in [-0.1, -0.05) is 0 Å². The molecule has 0 atom stereocenters. The van der Waals surface area contributed by atoms with E-state index in [9.17, 15) is 4.79 Å². The van der Waals surface area contributed by atoms with Crippen LogP contribution in [0.25, 0.3) is 0 Å². The molecular weight excluding hydrogens is 288 g/mol. The summed E-state index contributed by atoms with van der Waals surface area (Å²) >= 11 is 0. The zero-order valence-electron chi connectivity index (χ0n) is 12.5. The quantitative estimate of drug-likeness (QED) is 0.855. The van der Waals surface area contributed by atoms with Crippen molar-refractivity contribution >= 4 is 18.3 Å². The van der Waals surface area contributed by atoms with Crippen molar-refractivity contribution in [2.75, 3.05) is 39.8 Å². The molecule has 0 unspecified atom stereocenters. The molecule has 1 aromatic carbocycles. The minimum atomic E-state index is 0. The number of hydrogen-bond acceptors (Lipinski definition) is 3. The summed E-state index contributed by atoms with van der Waals surface area (Å²) in [7, 11) is 1.66. The number of carbonyl (C=O) groups is 1. The first-order valence-corrected chi connectivity index (χ1v) is 7.46. The van der Waals surface area contributed by atoms with Crippen molar-refractivity contribution in [1.82, 2.24) is 9.80 Å². The first-order valence-electron chi connectivity index (χ1n) is 7.46. The molecule has 21 heavy (non-hydrogen) atoms. The third-order valence-corrected chi connectivity index (χ3v) is 4.37. The number of halogens is 1. The molecule has 1 amide bonds. The number of amides is 1. The molecule has 2 heterocycles. The molecule has 0 saturated carbocycles. The lowest BCUT2D eigenvalue weighted by molar-refractivity contribution is 0.0724. The number of carbonyl (C=O) groups excluding carboxylic acids is 1. The van der Waals surface area contributed by atoms with Crippen LogP contribution in [-0.2, 0) is 6.42 Å². The fourth-order valence-corrected chi connectivity index (χ4v) is 3.12. The number of rotatable bonds is 4. The van der Waals surface area contributed by atoms with Crippen LogP contribution >= 0.6 is 12.4 Å². The van der Waals surface area contributed by atoms with Gasteiger partial charge in [-0.05, 0) is 56.1 Å².